The van der Waals surface area contributed by atoms with Gasteiger partial charge in [-0.3, -0.25) is 14.4 Å². The van der Waals surface area contributed by atoms with Gasteiger partial charge in [-0.15, -0.1) is 0 Å². The van der Waals surface area contributed by atoms with Crippen molar-refractivity contribution in [2.45, 2.75) is 98.3 Å². The van der Waals surface area contributed by atoms with E-state index >= 15 is 0 Å². The lowest BCUT2D eigenvalue weighted by Gasteiger charge is -2.25. The van der Waals surface area contributed by atoms with E-state index < -0.39 is 41.6 Å². The summed E-state index contributed by atoms with van der Waals surface area (Å²) in [7, 11) is 1.22. The van der Waals surface area contributed by atoms with E-state index in [0.717, 1.165) is 24.2 Å². The Balaban J connectivity index is 0.00000667. The fourth-order valence-corrected chi connectivity index (χ4v) is 3.14. The molecule has 0 radical (unpaired) electrons. The summed E-state index contributed by atoms with van der Waals surface area (Å²) in [5.41, 5.74) is 0.0393. The molecule has 1 rings (SSSR count). The quantitative estimate of drug-likeness (QED) is 0.242. The number of nitrogens with one attached hydrogen (secondary N) is 3. The lowest BCUT2D eigenvalue weighted by Crippen LogP contribution is -2.55. The first kappa shape index (κ1) is 34.7. The molecule has 0 saturated heterocycles. The molecule has 3 amide bonds. The molecule has 216 valence electrons. The number of carbonyl (C=O) groups is 4. The van der Waals surface area contributed by atoms with Crippen LogP contribution in [0.5, 0.6) is 5.75 Å². The molecule has 1 unspecified atom stereocenters. The number of methoxy groups -OCH3 is 1. The van der Waals surface area contributed by atoms with Crippen molar-refractivity contribution in [3.63, 3.8) is 0 Å². The van der Waals surface area contributed by atoms with E-state index in [0.29, 0.717) is 19.4 Å². The maximum atomic E-state index is 13.2. The number of esters is 1. The zero-order chi connectivity index (χ0) is 29.1. The monoisotopic (exact) mass is 537 g/mol. The average Bonchev–Trinajstić information content (AvgIpc) is 2.87. The van der Waals surface area contributed by atoms with Crippen molar-refractivity contribution in [1.82, 2.24) is 16.0 Å². The van der Waals surface area contributed by atoms with Gasteiger partial charge in [0.1, 0.15) is 30.0 Å². The second-order valence-corrected chi connectivity index (χ2v) is 9.39. The molecule has 1 aromatic rings. The minimum absolute atomic E-state index is 0.170. The van der Waals surface area contributed by atoms with Gasteiger partial charge in [-0.2, -0.15) is 0 Å². The average molecular weight is 538 g/mol. The van der Waals surface area contributed by atoms with Crippen LogP contribution in [0.4, 0.5) is 4.79 Å². The number of hydrogen-bond donors (Lipinski definition) is 3. The van der Waals surface area contributed by atoms with Crippen LogP contribution in [0.25, 0.3) is 0 Å². The highest BCUT2D eigenvalue weighted by Crippen LogP contribution is 2.15. The fraction of sp³-hybridized carbons (Fsp3) is 0.643. The number of unbranched alkanes of at least 4 members (excludes halogenated alkanes) is 1. The Kier molecular flexibility index (Phi) is 17.2. The molecule has 0 aliphatic heterocycles. The first-order chi connectivity index (χ1) is 18.0. The Morgan fingerprint density at radius 3 is 2.05 bits per heavy atom. The minimum atomic E-state index is -1.00. The van der Waals surface area contributed by atoms with Gasteiger partial charge < -0.3 is 30.2 Å². The molecular weight excluding hydrogens is 490 g/mol. The number of carbonyl (C=O) groups excluding carboxylic acids is 4. The highest BCUT2D eigenvalue weighted by Gasteiger charge is 2.28. The summed E-state index contributed by atoms with van der Waals surface area (Å²) in [6.45, 7) is 13.4. The number of rotatable bonds is 14. The molecule has 10 nitrogen and oxygen atoms in total. The number of alkyl carbamates (subject to hydrolysis) is 1. The molecule has 10 heteroatoms. The van der Waals surface area contributed by atoms with Crippen molar-refractivity contribution in [2.24, 2.45) is 0 Å². The summed E-state index contributed by atoms with van der Waals surface area (Å²) in [5.74, 6) is -0.939. The standard InChI is InChI=1S/C26H41N3O7.C2H6/c1-7-9-15-35-19-13-11-18(12-14-19)16-21(29-25(33)36-26(3,4)5)24(32)28-20(10-8-2)23(31)27-17-22(30)34-6;1-2/h11-14,20-21H,7-10,15-17H2,1-6H3,(H,27,31)(H,28,32)(H,29,33);1-2H3/t20?,21-;/m0./s1. The first-order valence-electron chi connectivity index (χ1n) is 13.3. The SMILES string of the molecule is CC.CCCCOc1ccc(C[C@H](NC(=O)OC(C)(C)C)C(=O)NC(CCC)C(=O)NCC(=O)OC)cc1. The zero-order valence-electron chi connectivity index (χ0n) is 24.3. The maximum Gasteiger partial charge on any atom is 0.408 e. The van der Waals surface area contributed by atoms with Gasteiger partial charge in [0.2, 0.25) is 11.8 Å². The second kappa shape index (κ2) is 18.9. The predicted molar refractivity (Wildman–Crippen MR) is 147 cm³/mol. The topological polar surface area (TPSA) is 132 Å². The smallest absolute Gasteiger partial charge is 0.408 e. The molecule has 38 heavy (non-hydrogen) atoms. The molecule has 0 aliphatic rings. The van der Waals surface area contributed by atoms with E-state index in [4.69, 9.17) is 9.47 Å². The van der Waals surface area contributed by atoms with Crippen molar-refractivity contribution < 1.29 is 33.4 Å². The van der Waals surface area contributed by atoms with Gasteiger partial charge >= 0.3 is 12.1 Å². The molecule has 0 spiro atoms. The van der Waals surface area contributed by atoms with Crippen molar-refractivity contribution in [3.8, 4) is 5.75 Å². The highest BCUT2D eigenvalue weighted by atomic mass is 16.6. The van der Waals surface area contributed by atoms with Crippen LogP contribution in [0.15, 0.2) is 24.3 Å². The van der Waals surface area contributed by atoms with Gasteiger partial charge in [0.05, 0.1) is 13.7 Å². The van der Waals surface area contributed by atoms with Crippen LogP contribution in [-0.2, 0) is 30.3 Å². The summed E-state index contributed by atoms with van der Waals surface area (Å²) in [4.78, 5) is 49.6. The van der Waals surface area contributed by atoms with Crippen LogP contribution in [0.1, 0.15) is 79.7 Å². The maximum absolute atomic E-state index is 13.2. The molecule has 3 N–H and O–H groups in total. The van der Waals surface area contributed by atoms with Gasteiger partial charge in [-0.05, 0) is 51.3 Å². The molecule has 2 atom stereocenters. The largest absolute Gasteiger partial charge is 0.494 e. The van der Waals surface area contributed by atoms with E-state index in [1.54, 1.807) is 20.8 Å². The summed E-state index contributed by atoms with van der Waals surface area (Å²) in [6.07, 6.45) is 2.37. The van der Waals surface area contributed by atoms with E-state index in [9.17, 15) is 19.2 Å². The van der Waals surface area contributed by atoms with Crippen LogP contribution in [0, 0.1) is 0 Å². The molecule has 0 saturated carbocycles. The first-order valence-corrected chi connectivity index (χ1v) is 13.3. The van der Waals surface area contributed by atoms with E-state index in [2.05, 4.69) is 27.6 Å². The number of benzene rings is 1. The van der Waals surface area contributed by atoms with Crippen LogP contribution < -0.4 is 20.7 Å². The lowest BCUT2D eigenvalue weighted by molar-refractivity contribution is -0.141. The summed E-state index contributed by atoms with van der Waals surface area (Å²) < 4.78 is 15.5. The van der Waals surface area contributed by atoms with E-state index in [1.165, 1.54) is 7.11 Å². The highest BCUT2D eigenvalue weighted by molar-refractivity contribution is 5.92. The van der Waals surface area contributed by atoms with E-state index in [-0.39, 0.29) is 13.0 Å². The van der Waals surface area contributed by atoms with Crippen molar-refractivity contribution in [3.05, 3.63) is 29.8 Å². The Morgan fingerprint density at radius 1 is 0.895 bits per heavy atom. The third kappa shape index (κ3) is 15.1. The Labute approximate surface area is 227 Å². The van der Waals surface area contributed by atoms with Crippen LogP contribution in [0.2, 0.25) is 0 Å². The summed E-state index contributed by atoms with van der Waals surface area (Å²) in [6, 6.07) is 5.39. The fourth-order valence-electron chi connectivity index (χ4n) is 3.14. The molecule has 0 fully saturated rings. The van der Waals surface area contributed by atoms with Crippen LogP contribution in [0.3, 0.4) is 0 Å². The number of hydrogen-bond acceptors (Lipinski definition) is 7. The molecule has 0 aromatic heterocycles. The zero-order valence-corrected chi connectivity index (χ0v) is 24.3. The van der Waals surface area contributed by atoms with Gasteiger partial charge in [-0.1, -0.05) is 52.7 Å². The van der Waals surface area contributed by atoms with Crippen LogP contribution in [-0.4, -0.2) is 61.8 Å². The molecule has 0 heterocycles. The third-order valence-electron chi connectivity index (χ3n) is 4.98. The van der Waals surface area contributed by atoms with Crippen molar-refractivity contribution in [2.75, 3.05) is 20.3 Å². The predicted octanol–water partition coefficient (Wildman–Crippen LogP) is 3.90. The molecule has 1 aromatic carbocycles. The van der Waals surface area contributed by atoms with Gasteiger partial charge in [0, 0.05) is 6.42 Å². The molecule has 0 aliphatic carbocycles. The van der Waals surface area contributed by atoms with Crippen molar-refractivity contribution >= 4 is 23.9 Å². The Bertz CT molecular complexity index is 851. The van der Waals surface area contributed by atoms with Gasteiger partial charge in [-0.25, -0.2) is 4.79 Å². The van der Waals surface area contributed by atoms with Crippen molar-refractivity contribution in [1.29, 1.82) is 0 Å². The number of amides is 3. The van der Waals surface area contributed by atoms with Gasteiger partial charge in [0.15, 0.2) is 0 Å². The summed E-state index contributed by atoms with van der Waals surface area (Å²) in [5, 5.41) is 7.77. The second-order valence-electron chi connectivity index (χ2n) is 9.39. The van der Waals surface area contributed by atoms with E-state index in [1.807, 2.05) is 45.0 Å². The lowest BCUT2D eigenvalue weighted by atomic mass is 10.0. The number of ether oxygens (including phenoxy) is 3. The Hall–Kier alpha value is -3.30. The molecule has 0 bridgehead atoms. The van der Waals surface area contributed by atoms with Crippen LogP contribution >= 0.6 is 0 Å². The minimum Gasteiger partial charge on any atom is -0.494 e. The summed E-state index contributed by atoms with van der Waals surface area (Å²) >= 11 is 0. The Morgan fingerprint density at radius 2 is 1.53 bits per heavy atom. The third-order valence-corrected chi connectivity index (χ3v) is 4.98. The van der Waals surface area contributed by atoms with Gasteiger partial charge in [0.25, 0.3) is 0 Å². The normalized spacial score (nSPS) is 12.1. The molecular formula is C28H47N3O7.